The van der Waals surface area contributed by atoms with Gasteiger partial charge in [0.05, 0.1) is 6.61 Å². The molecule has 1 unspecified atom stereocenters. The zero-order chi connectivity index (χ0) is 35.8. The van der Waals surface area contributed by atoms with Gasteiger partial charge in [-0.05, 0) is 19.3 Å². The topological polar surface area (TPSA) is 63.6 Å². The fourth-order valence-corrected chi connectivity index (χ4v) is 7.52. The van der Waals surface area contributed by atoms with E-state index in [2.05, 4.69) is 26.0 Å². The molecule has 4 nitrogen and oxygen atoms in total. The summed E-state index contributed by atoms with van der Waals surface area (Å²) in [6.07, 6.45) is 55.9. The smallest absolute Gasteiger partial charge is 0.264 e. The Balaban J connectivity index is 3.67. The van der Waals surface area contributed by atoms with Crippen LogP contribution in [0.25, 0.3) is 0 Å². The third-order valence-electron chi connectivity index (χ3n) is 10.5. The molecule has 49 heavy (non-hydrogen) atoms. The number of hydrogen-bond donors (Lipinski definition) is 1. The maximum atomic E-state index is 11.1. The quantitative estimate of drug-likeness (QED) is 0.0389. The Morgan fingerprint density at radius 3 is 0.980 bits per heavy atom. The summed E-state index contributed by atoms with van der Waals surface area (Å²) in [5.74, 6) is 0.0542. The van der Waals surface area contributed by atoms with E-state index in [1.165, 1.54) is 225 Å². The third kappa shape index (κ3) is 43.7. The minimum absolute atomic E-state index is 0.0490. The highest BCUT2D eigenvalue weighted by atomic mass is 32.3. The largest absolute Gasteiger partial charge is 0.397 e. The molecule has 0 aliphatic carbocycles. The monoisotopic (exact) mass is 713 g/mol. The van der Waals surface area contributed by atoms with Gasteiger partial charge in [-0.15, -0.1) is 0 Å². The van der Waals surface area contributed by atoms with Gasteiger partial charge in [0.2, 0.25) is 0 Å². The van der Waals surface area contributed by atoms with Crippen LogP contribution in [0.1, 0.15) is 258 Å². The van der Waals surface area contributed by atoms with E-state index < -0.39 is 10.4 Å². The van der Waals surface area contributed by atoms with Crippen molar-refractivity contribution < 1.29 is 17.2 Å². The molecule has 0 radical (unpaired) electrons. The highest BCUT2D eigenvalue weighted by Crippen LogP contribution is 2.19. The zero-order valence-corrected chi connectivity index (χ0v) is 34.2. The average Bonchev–Trinajstić information content (AvgIpc) is 3.08. The van der Waals surface area contributed by atoms with Gasteiger partial charge < -0.3 is 0 Å². The van der Waals surface area contributed by atoms with Crippen molar-refractivity contribution in [2.24, 2.45) is 5.92 Å². The number of hydrogen-bond acceptors (Lipinski definition) is 3. The molecule has 5 heteroatoms. The number of unbranched alkanes of at least 4 members (excludes halogenated alkanes) is 35. The van der Waals surface area contributed by atoms with Crippen molar-refractivity contribution in [3.63, 3.8) is 0 Å². The molecular formula is C44H88O4S. The fourth-order valence-electron chi connectivity index (χ4n) is 7.17. The van der Waals surface area contributed by atoms with Gasteiger partial charge in [-0.25, -0.2) is 4.18 Å². The lowest BCUT2D eigenvalue weighted by molar-refractivity contribution is 0.234. The van der Waals surface area contributed by atoms with Crippen LogP contribution in [0.2, 0.25) is 0 Å². The van der Waals surface area contributed by atoms with E-state index in [4.69, 9.17) is 8.74 Å². The first-order valence-electron chi connectivity index (χ1n) is 22.3. The van der Waals surface area contributed by atoms with Gasteiger partial charge >= 0.3 is 10.4 Å². The molecule has 0 spiro atoms. The molecular weight excluding hydrogens is 625 g/mol. The van der Waals surface area contributed by atoms with Crippen LogP contribution in [-0.2, 0) is 14.6 Å². The van der Waals surface area contributed by atoms with Crippen molar-refractivity contribution in [1.82, 2.24) is 0 Å². The van der Waals surface area contributed by atoms with Crippen molar-refractivity contribution in [2.75, 3.05) is 6.61 Å². The molecule has 0 rings (SSSR count). The van der Waals surface area contributed by atoms with Gasteiger partial charge in [0.15, 0.2) is 0 Å². The summed E-state index contributed by atoms with van der Waals surface area (Å²) >= 11 is 0. The minimum Gasteiger partial charge on any atom is -0.264 e. The first-order valence-corrected chi connectivity index (χ1v) is 23.6. The van der Waals surface area contributed by atoms with Crippen LogP contribution in [0, 0.1) is 5.92 Å². The summed E-state index contributed by atoms with van der Waals surface area (Å²) in [5, 5.41) is 0. The lowest BCUT2D eigenvalue weighted by Gasteiger charge is -2.12. The molecule has 1 atom stereocenters. The molecule has 0 amide bonds. The highest BCUT2D eigenvalue weighted by molar-refractivity contribution is 7.80. The van der Waals surface area contributed by atoms with Gasteiger partial charge in [0.25, 0.3) is 0 Å². The molecule has 0 heterocycles. The van der Waals surface area contributed by atoms with Crippen molar-refractivity contribution in [1.29, 1.82) is 0 Å². The number of rotatable bonds is 42. The minimum atomic E-state index is -4.38. The van der Waals surface area contributed by atoms with E-state index in [0.717, 1.165) is 19.3 Å². The third-order valence-corrected chi connectivity index (χ3v) is 10.9. The van der Waals surface area contributed by atoms with Gasteiger partial charge in [-0.1, -0.05) is 251 Å². The zero-order valence-electron chi connectivity index (χ0n) is 33.4. The molecule has 1 N–H and O–H groups in total. The Morgan fingerprint density at radius 2 is 0.694 bits per heavy atom. The second-order valence-corrected chi connectivity index (χ2v) is 16.6. The Kier molecular flexibility index (Phi) is 40.1. The van der Waals surface area contributed by atoms with Gasteiger partial charge in [-0.3, -0.25) is 4.55 Å². The molecule has 294 valence electrons. The van der Waals surface area contributed by atoms with Gasteiger partial charge in [0.1, 0.15) is 0 Å². The molecule has 0 aliphatic rings. The van der Waals surface area contributed by atoms with Crippen molar-refractivity contribution in [3.8, 4) is 0 Å². The van der Waals surface area contributed by atoms with Crippen LogP contribution in [0.15, 0.2) is 12.2 Å². The SMILES string of the molecule is CCCCCCCCCCCCCCCCCCCC/C=C/C(CCCCCCCCCCCCCCCCCCCC)COS(=O)(=O)O. The van der Waals surface area contributed by atoms with Gasteiger partial charge in [-0.2, -0.15) is 8.42 Å². The first-order chi connectivity index (χ1) is 24.0. The summed E-state index contributed by atoms with van der Waals surface area (Å²) in [7, 11) is -4.38. The Hall–Kier alpha value is -0.390. The second-order valence-electron chi connectivity index (χ2n) is 15.5. The summed E-state index contributed by atoms with van der Waals surface area (Å²) < 4.78 is 36.1. The molecule has 0 saturated carbocycles. The van der Waals surface area contributed by atoms with Crippen LogP contribution in [0.5, 0.6) is 0 Å². The average molecular weight is 713 g/mol. The van der Waals surface area contributed by atoms with Crippen LogP contribution >= 0.6 is 0 Å². The molecule has 0 aromatic heterocycles. The lowest BCUT2D eigenvalue weighted by Crippen LogP contribution is -2.12. The van der Waals surface area contributed by atoms with E-state index >= 15 is 0 Å². The molecule has 0 aromatic carbocycles. The van der Waals surface area contributed by atoms with Crippen molar-refractivity contribution in [3.05, 3.63) is 12.2 Å². The summed E-state index contributed by atoms with van der Waals surface area (Å²) in [6, 6.07) is 0. The fraction of sp³-hybridized carbons (Fsp3) is 0.955. The second kappa shape index (κ2) is 40.4. The Labute approximate surface area is 309 Å². The van der Waals surface area contributed by atoms with Crippen molar-refractivity contribution >= 4 is 10.4 Å². The molecule has 0 fully saturated rings. The van der Waals surface area contributed by atoms with E-state index in [9.17, 15) is 8.42 Å². The summed E-state index contributed by atoms with van der Waals surface area (Å²) in [6.45, 7) is 4.63. The standard InChI is InChI=1S/C44H88O4S/c1-3-5-7-9-11-13-15-17-19-21-23-24-26-28-30-32-34-36-38-40-42-44(43-48-49(45,46)47)41-39-37-35-33-31-29-27-25-22-20-18-16-14-12-10-8-6-4-2/h40,42,44H,3-39,41,43H2,1-2H3,(H,45,46,47)/b42-40+. The number of allylic oxidation sites excluding steroid dienone is 1. The highest BCUT2D eigenvalue weighted by Gasteiger charge is 2.11. The van der Waals surface area contributed by atoms with Crippen molar-refractivity contribution in [2.45, 2.75) is 258 Å². The molecule has 0 saturated heterocycles. The van der Waals surface area contributed by atoms with Crippen LogP contribution < -0.4 is 0 Å². The summed E-state index contributed by atoms with van der Waals surface area (Å²) in [4.78, 5) is 0. The Morgan fingerprint density at radius 1 is 0.429 bits per heavy atom. The van der Waals surface area contributed by atoms with Crippen LogP contribution in [-0.4, -0.2) is 19.6 Å². The first kappa shape index (κ1) is 48.6. The maximum Gasteiger partial charge on any atom is 0.397 e. The van der Waals surface area contributed by atoms with E-state index in [0.29, 0.717) is 0 Å². The van der Waals surface area contributed by atoms with E-state index in [-0.39, 0.29) is 12.5 Å². The predicted molar refractivity (Wildman–Crippen MR) is 217 cm³/mol. The predicted octanol–water partition coefficient (Wildman–Crippen LogP) is 15.8. The van der Waals surface area contributed by atoms with E-state index in [1.54, 1.807) is 0 Å². The molecule has 0 aliphatic heterocycles. The van der Waals surface area contributed by atoms with E-state index in [1.807, 2.05) is 0 Å². The molecule has 0 aromatic rings. The lowest BCUT2D eigenvalue weighted by atomic mass is 9.99. The molecule has 0 bridgehead atoms. The normalized spacial score (nSPS) is 12.8. The van der Waals surface area contributed by atoms with Crippen LogP contribution in [0.4, 0.5) is 0 Å². The van der Waals surface area contributed by atoms with Gasteiger partial charge in [0, 0.05) is 5.92 Å². The summed E-state index contributed by atoms with van der Waals surface area (Å²) in [5.41, 5.74) is 0. The maximum absolute atomic E-state index is 11.1. The Bertz CT molecular complexity index is 750. The van der Waals surface area contributed by atoms with Crippen LogP contribution in [0.3, 0.4) is 0 Å².